The van der Waals surface area contributed by atoms with E-state index in [1.165, 1.54) is 19.3 Å². The quantitative estimate of drug-likeness (QED) is 0.675. The van der Waals surface area contributed by atoms with Gasteiger partial charge in [-0.1, -0.05) is 13.3 Å². The summed E-state index contributed by atoms with van der Waals surface area (Å²) in [6.07, 6.45) is 4.77. The van der Waals surface area contributed by atoms with E-state index in [0.717, 1.165) is 19.5 Å². The summed E-state index contributed by atoms with van der Waals surface area (Å²) in [5.74, 6) is 0. The van der Waals surface area contributed by atoms with Gasteiger partial charge in [-0.05, 0) is 25.8 Å². The lowest BCUT2D eigenvalue weighted by molar-refractivity contribution is 0.124. The third kappa shape index (κ3) is 3.25. The Morgan fingerprint density at radius 1 is 1.46 bits per heavy atom. The van der Waals surface area contributed by atoms with Gasteiger partial charge in [0.1, 0.15) is 0 Å². The van der Waals surface area contributed by atoms with Crippen LogP contribution in [0.4, 0.5) is 0 Å². The Balaban J connectivity index is 2.37. The average molecular weight is 186 g/mol. The summed E-state index contributed by atoms with van der Waals surface area (Å²) in [6.45, 7) is 4.24. The molecule has 3 nitrogen and oxygen atoms in total. The number of aliphatic hydroxyl groups excluding tert-OH is 1. The van der Waals surface area contributed by atoms with E-state index in [-0.39, 0.29) is 6.61 Å². The Morgan fingerprint density at radius 3 is 2.77 bits per heavy atom. The van der Waals surface area contributed by atoms with Crippen LogP contribution in [0.15, 0.2) is 0 Å². The molecule has 3 heteroatoms. The molecule has 0 radical (unpaired) electrons. The Kier molecular flexibility index (Phi) is 4.70. The fourth-order valence-corrected chi connectivity index (χ4v) is 2.26. The smallest absolute Gasteiger partial charge is 0.0558 e. The molecule has 1 saturated carbocycles. The SMILES string of the molecule is CCN(CCO)C1CCCC(N)C1. The first kappa shape index (κ1) is 11.0. The molecular formula is C10H22N2O. The maximum Gasteiger partial charge on any atom is 0.0558 e. The summed E-state index contributed by atoms with van der Waals surface area (Å²) in [5, 5.41) is 8.89. The topological polar surface area (TPSA) is 49.5 Å². The fraction of sp³-hybridized carbons (Fsp3) is 1.00. The van der Waals surface area contributed by atoms with Gasteiger partial charge >= 0.3 is 0 Å². The largest absolute Gasteiger partial charge is 0.395 e. The van der Waals surface area contributed by atoms with E-state index < -0.39 is 0 Å². The van der Waals surface area contributed by atoms with Gasteiger partial charge in [0.25, 0.3) is 0 Å². The minimum Gasteiger partial charge on any atom is -0.395 e. The highest BCUT2D eigenvalue weighted by atomic mass is 16.3. The lowest BCUT2D eigenvalue weighted by atomic mass is 9.90. The van der Waals surface area contributed by atoms with Gasteiger partial charge < -0.3 is 10.8 Å². The van der Waals surface area contributed by atoms with Crippen molar-refractivity contribution in [2.45, 2.75) is 44.7 Å². The third-order valence-electron chi connectivity index (χ3n) is 3.00. The van der Waals surface area contributed by atoms with Gasteiger partial charge in [0.05, 0.1) is 6.61 Å². The Morgan fingerprint density at radius 2 is 2.23 bits per heavy atom. The maximum atomic E-state index is 8.89. The second-order valence-corrected chi connectivity index (χ2v) is 3.93. The number of nitrogens with two attached hydrogens (primary N) is 1. The predicted molar refractivity (Wildman–Crippen MR) is 54.6 cm³/mol. The van der Waals surface area contributed by atoms with Gasteiger partial charge in [-0.3, -0.25) is 4.90 Å². The van der Waals surface area contributed by atoms with E-state index in [1.807, 2.05) is 0 Å². The first-order chi connectivity index (χ1) is 6.27. The minimum absolute atomic E-state index is 0.263. The highest BCUT2D eigenvalue weighted by Crippen LogP contribution is 2.21. The predicted octanol–water partition coefficient (Wildman–Crippen LogP) is 0.570. The second kappa shape index (κ2) is 5.58. The van der Waals surface area contributed by atoms with Gasteiger partial charge in [-0.25, -0.2) is 0 Å². The molecule has 2 atom stereocenters. The van der Waals surface area contributed by atoms with Gasteiger partial charge in [0.2, 0.25) is 0 Å². The third-order valence-corrected chi connectivity index (χ3v) is 3.00. The summed E-state index contributed by atoms with van der Waals surface area (Å²) in [5.41, 5.74) is 5.92. The van der Waals surface area contributed by atoms with E-state index in [0.29, 0.717) is 12.1 Å². The zero-order valence-electron chi connectivity index (χ0n) is 8.58. The van der Waals surface area contributed by atoms with Crippen molar-refractivity contribution >= 4 is 0 Å². The molecule has 0 aliphatic heterocycles. The zero-order valence-corrected chi connectivity index (χ0v) is 8.58. The molecule has 0 aromatic heterocycles. The summed E-state index contributed by atoms with van der Waals surface area (Å²) in [4.78, 5) is 2.35. The van der Waals surface area contributed by atoms with Crippen LogP contribution in [0.25, 0.3) is 0 Å². The molecule has 0 bridgehead atoms. The van der Waals surface area contributed by atoms with Crippen molar-refractivity contribution in [2.75, 3.05) is 19.7 Å². The molecule has 0 amide bonds. The number of hydrogen-bond donors (Lipinski definition) is 2. The highest BCUT2D eigenvalue weighted by molar-refractivity contribution is 4.81. The number of rotatable bonds is 4. The van der Waals surface area contributed by atoms with E-state index in [1.54, 1.807) is 0 Å². The minimum atomic E-state index is 0.263. The molecular weight excluding hydrogens is 164 g/mol. The van der Waals surface area contributed by atoms with Crippen molar-refractivity contribution in [3.05, 3.63) is 0 Å². The van der Waals surface area contributed by atoms with Crippen LogP contribution in [0, 0.1) is 0 Å². The van der Waals surface area contributed by atoms with Crippen LogP contribution in [0.1, 0.15) is 32.6 Å². The van der Waals surface area contributed by atoms with E-state index in [2.05, 4.69) is 11.8 Å². The Hall–Kier alpha value is -0.120. The van der Waals surface area contributed by atoms with Crippen LogP contribution in [0.3, 0.4) is 0 Å². The molecule has 3 N–H and O–H groups in total. The standard InChI is InChI=1S/C10H22N2O/c1-2-12(6-7-13)10-5-3-4-9(11)8-10/h9-10,13H,2-8,11H2,1H3. The van der Waals surface area contributed by atoms with Crippen LogP contribution in [0.5, 0.6) is 0 Å². The van der Waals surface area contributed by atoms with Gasteiger partial charge in [-0.15, -0.1) is 0 Å². The van der Waals surface area contributed by atoms with Crippen molar-refractivity contribution < 1.29 is 5.11 Å². The molecule has 78 valence electrons. The van der Waals surface area contributed by atoms with Crippen LogP contribution in [-0.4, -0.2) is 41.8 Å². The summed E-state index contributed by atoms with van der Waals surface area (Å²) in [6, 6.07) is 0.993. The number of nitrogens with zero attached hydrogens (tertiary/aromatic N) is 1. The molecule has 0 saturated heterocycles. The highest BCUT2D eigenvalue weighted by Gasteiger charge is 2.23. The molecule has 1 aliphatic carbocycles. The number of hydrogen-bond acceptors (Lipinski definition) is 3. The van der Waals surface area contributed by atoms with Gasteiger partial charge in [0, 0.05) is 18.6 Å². The molecule has 0 aromatic rings. The lowest BCUT2D eigenvalue weighted by Crippen LogP contribution is -2.43. The van der Waals surface area contributed by atoms with Gasteiger partial charge in [0.15, 0.2) is 0 Å². The molecule has 1 rings (SSSR count). The zero-order chi connectivity index (χ0) is 9.68. The van der Waals surface area contributed by atoms with Gasteiger partial charge in [-0.2, -0.15) is 0 Å². The van der Waals surface area contributed by atoms with Crippen LogP contribution in [0.2, 0.25) is 0 Å². The van der Waals surface area contributed by atoms with Crippen molar-refractivity contribution in [3.63, 3.8) is 0 Å². The summed E-state index contributed by atoms with van der Waals surface area (Å²) in [7, 11) is 0. The Bertz CT molecular complexity index is 141. The lowest BCUT2D eigenvalue weighted by Gasteiger charge is -2.35. The number of likely N-dealkylation sites (N-methyl/N-ethyl adjacent to an activating group) is 1. The molecule has 0 spiro atoms. The van der Waals surface area contributed by atoms with E-state index in [9.17, 15) is 0 Å². The van der Waals surface area contributed by atoms with Crippen molar-refractivity contribution in [1.82, 2.24) is 4.90 Å². The van der Waals surface area contributed by atoms with Crippen LogP contribution in [-0.2, 0) is 0 Å². The van der Waals surface area contributed by atoms with Crippen molar-refractivity contribution in [1.29, 1.82) is 0 Å². The van der Waals surface area contributed by atoms with Crippen LogP contribution < -0.4 is 5.73 Å². The molecule has 1 aliphatic rings. The first-order valence-corrected chi connectivity index (χ1v) is 5.38. The fourth-order valence-electron chi connectivity index (χ4n) is 2.26. The van der Waals surface area contributed by atoms with E-state index in [4.69, 9.17) is 10.8 Å². The Labute approximate surface area is 80.9 Å². The molecule has 0 heterocycles. The molecule has 1 fully saturated rings. The molecule has 13 heavy (non-hydrogen) atoms. The summed E-state index contributed by atoms with van der Waals surface area (Å²) >= 11 is 0. The molecule has 0 aromatic carbocycles. The first-order valence-electron chi connectivity index (χ1n) is 5.38. The monoisotopic (exact) mass is 186 g/mol. The normalized spacial score (nSPS) is 29.5. The van der Waals surface area contributed by atoms with Crippen LogP contribution >= 0.6 is 0 Å². The summed E-state index contributed by atoms with van der Waals surface area (Å²) < 4.78 is 0. The maximum absolute atomic E-state index is 8.89. The van der Waals surface area contributed by atoms with E-state index >= 15 is 0 Å². The average Bonchev–Trinajstić information content (AvgIpc) is 2.14. The second-order valence-electron chi connectivity index (χ2n) is 3.93. The van der Waals surface area contributed by atoms with Crippen molar-refractivity contribution in [3.8, 4) is 0 Å². The van der Waals surface area contributed by atoms with Crippen molar-refractivity contribution in [2.24, 2.45) is 5.73 Å². The number of aliphatic hydroxyl groups is 1. The molecule has 2 unspecified atom stereocenters.